The van der Waals surface area contributed by atoms with Crippen LogP contribution in [0.15, 0.2) is 35.3 Å². The van der Waals surface area contributed by atoms with E-state index in [2.05, 4.69) is 17.2 Å². The van der Waals surface area contributed by atoms with Gasteiger partial charge in [0, 0.05) is 70.8 Å². The monoisotopic (exact) mass is 592 g/mol. The van der Waals surface area contributed by atoms with E-state index in [9.17, 15) is 13.6 Å². The van der Waals surface area contributed by atoms with E-state index in [4.69, 9.17) is 15.5 Å². The van der Waals surface area contributed by atoms with Crippen LogP contribution in [0.1, 0.15) is 96.1 Å². The second-order valence-corrected chi connectivity index (χ2v) is 12.1. The number of hydrogen-bond acceptors (Lipinski definition) is 5. The summed E-state index contributed by atoms with van der Waals surface area (Å²) in [5.41, 5.74) is 11.3. The normalized spacial score (nSPS) is 16.9. The number of carbonyl (C=O) groups excluding carboxylic acids is 1. The van der Waals surface area contributed by atoms with E-state index in [1.807, 2.05) is 26.8 Å². The van der Waals surface area contributed by atoms with E-state index in [1.54, 1.807) is 24.4 Å². The van der Waals surface area contributed by atoms with E-state index >= 15 is 4.39 Å². The fourth-order valence-electron chi connectivity index (χ4n) is 5.65. The lowest BCUT2D eigenvalue weighted by molar-refractivity contribution is 0.0950. The number of nitrogens with zero attached hydrogens (tertiary/aromatic N) is 2. The minimum Gasteiger partial charge on any atom is -0.490 e. The van der Waals surface area contributed by atoms with Crippen LogP contribution in [-0.2, 0) is 0 Å². The van der Waals surface area contributed by atoms with Crippen molar-refractivity contribution >= 4 is 17.8 Å². The minimum absolute atomic E-state index is 0.0840. The first-order valence-corrected chi connectivity index (χ1v) is 15.0. The first-order chi connectivity index (χ1) is 20.6. The van der Waals surface area contributed by atoms with Gasteiger partial charge in [-0.25, -0.2) is 13.8 Å². The Morgan fingerprint density at radius 2 is 1.95 bits per heavy atom. The van der Waals surface area contributed by atoms with E-state index < -0.39 is 18.3 Å². The lowest BCUT2D eigenvalue weighted by Gasteiger charge is -2.20. The number of nitrogens with two attached hydrogens (primary N) is 1. The Labute approximate surface area is 251 Å². The number of carbonyl (C=O) groups is 1. The minimum atomic E-state index is -0.684. The number of halogens is 3. The van der Waals surface area contributed by atoms with Crippen LogP contribution >= 0.6 is 0 Å². The third-order valence-electron chi connectivity index (χ3n) is 8.38. The molecule has 0 saturated heterocycles. The third-order valence-corrected chi connectivity index (χ3v) is 8.38. The van der Waals surface area contributed by atoms with Gasteiger partial charge in [0.05, 0.1) is 13.3 Å². The summed E-state index contributed by atoms with van der Waals surface area (Å²) in [4.78, 5) is 22.5. The topological polar surface area (TPSA) is 89.6 Å². The van der Waals surface area contributed by atoms with Gasteiger partial charge in [-0.05, 0) is 73.4 Å². The number of hydrogen-bond donors (Lipinski definition) is 2. The highest BCUT2D eigenvalue weighted by Gasteiger charge is 2.36. The van der Waals surface area contributed by atoms with Gasteiger partial charge >= 0.3 is 0 Å². The Balaban J connectivity index is 1.45. The second kappa shape index (κ2) is 12.8. The average Bonchev–Trinajstić information content (AvgIpc) is 3.74. The number of pyridine rings is 1. The molecule has 3 aromatic rings. The molecule has 6 nitrogen and oxygen atoms in total. The molecular weight excluding hydrogens is 553 g/mol. The number of alkyl halides is 1. The van der Waals surface area contributed by atoms with Crippen LogP contribution in [0.2, 0.25) is 0 Å². The highest BCUT2D eigenvalue weighted by Crippen LogP contribution is 2.47. The summed E-state index contributed by atoms with van der Waals surface area (Å²) in [5.74, 6) is -0.800. The summed E-state index contributed by atoms with van der Waals surface area (Å²) < 4.78 is 48.3. The molecule has 2 unspecified atom stereocenters. The molecule has 1 aliphatic heterocycles. The van der Waals surface area contributed by atoms with Crippen LogP contribution in [0.4, 0.5) is 18.9 Å². The molecule has 5 rings (SSSR count). The number of nitrogen functional groups attached to an aromatic ring is 1. The smallest absolute Gasteiger partial charge is 0.251 e. The summed E-state index contributed by atoms with van der Waals surface area (Å²) in [7, 11) is 0. The van der Waals surface area contributed by atoms with Crippen molar-refractivity contribution in [2.45, 2.75) is 64.7 Å². The zero-order valence-corrected chi connectivity index (χ0v) is 25.1. The molecule has 9 heteroatoms. The Morgan fingerprint density at radius 3 is 2.65 bits per heavy atom. The molecule has 2 atom stereocenters. The predicted octanol–water partition coefficient (Wildman–Crippen LogP) is 7.24. The molecule has 1 aliphatic carbocycles. The predicted molar refractivity (Wildman–Crippen MR) is 164 cm³/mol. The zero-order chi connectivity index (χ0) is 30.8. The van der Waals surface area contributed by atoms with Crippen LogP contribution < -0.4 is 15.8 Å². The first-order valence-electron chi connectivity index (χ1n) is 15.0. The van der Waals surface area contributed by atoms with Gasteiger partial charge in [0.1, 0.15) is 23.1 Å². The molecule has 1 amide bonds. The molecule has 1 fully saturated rings. The molecule has 1 saturated carbocycles. The summed E-state index contributed by atoms with van der Waals surface area (Å²) in [6, 6.07) is 7.93. The lowest BCUT2D eigenvalue weighted by Crippen LogP contribution is -2.30. The summed E-state index contributed by atoms with van der Waals surface area (Å²) >= 11 is 0. The van der Waals surface area contributed by atoms with Crippen molar-refractivity contribution in [2.75, 3.05) is 32.1 Å². The van der Waals surface area contributed by atoms with E-state index in [1.165, 1.54) is 0 Å². The zero-order valence-electron chi connectivity index (χ0n) is 25.1. The maximum absolute atomic E-state index is 15.3. The molecule has 2 aliphatic rings. The summed E-state index contributed by atoms with van der Waals surface area (Å²) in [6.45, 7) is 8.31. The summed E-state index contributed by atoms with van der Waals surface area (Å²) in [5, 5.41) is 3.08. The number of aryl methyl sites for hydroxylation is 1. The highest BCUT2D eigenvalue weighted by molar-refractivity contribution is 5.98. The molecule has 2 aromatic carbocycles. The van der Waals surface area contributed by atoms with Gasteiger partial charge < -0.3 is 15.8 Å². The Kier molecular flexibility index (Phi) is 9.08. The van der Waals surface area contributed by atoms with Crippen LogP contribution in [0, 0.1) is 24.5 Å². The number of aromatic nitrogens is 1. The van der Waals surface area contributed by atoms with Gasteiger partial charge in [-0.2, -0.15) is 0 Å². The first kappa shape index (κ1) is 30.6. The number of anilines is 1. The van der Waals surface area contributed by atoms with Crippen molar-refractivity contribution in [1.29, 1.82) is 0 Å². The molecule has 0 bridgehead atoms. The molecule has 0 spiro atoms. The number of aliphatic imine (C=N–C) groups is 1. The van der Waals surface area contributed by atoms with Gasteiger partial charge in [-0.15, -0.1) is 0 Å². The van der Waals surface area contributed by atoms with Crippen molar-refractivity contribution in [1.82, 2.24) is 10.3 Å². The number of rotatable bonds is 11. The van der Waals surface area contributed by atoms with Crippen LogP contribution in [-0.4, -0.2) is 43.5 Å². The van der Waals surface area contributed by atoms with Gasteiger partial charge in [0.2, 0.25) is 0 Å². The average molecular weight is 593 g/mol. The van der Waals surface area contributed by atoms with Crippen molar-refractivity contribution in [3.63, 3.8) is 0 Å². The number of fused-ring (bicyclic) bond motifs is 1. The van der Waals surface area contributed by atoms with Crippen LogP contribution in [0.3, 0.4) is 0 Å². The molecule has 0 radical (unpaired) electrons. The Bertz CT molecular complexity index is 1550. The number of nitrogens with one attached hydrogen (secondary N) is 1. The molecule has 1 aromatic heterocycles. The van der Waals surface area contributed by atoms with Crippen molar-refractivity contribution < 1.29 is 22.7 Å². The largest absolute Gasteiger partial charge is 0.490 e. The molecule has 3 N–H and O–H groups in total. The van der Waals surface area contributed by atoms with E-state index in [-0.39, 0.29) is 29.2 Å². The Hall–Kier alpha value is -3.88. The molecule has 2 heterocycles. The Morgan fingerprint density at radius 1 is 1.19 bits per heavy atom. The lowest BCUT2D eigenvalue weighted by atomic mass is 9.92. The van der Waals surface area contributed by atoms with Gasteiger partial charge in [0.15, 0.2) is 0 Å². The SMILES string of the molecule is Cc1cc(C(=O)NCC(c2cc3c(c(-c4cc(C(C)C)c(F)cc4F)n2)OCC3C)C2CC2)cc(C=NCCCF)c1N. The fraction of sp³-hybridized carbons (Fsp3) is 0.441. The van der Waals surface area contributed by atoms with E-state index in [0.29, 0.717) is 65.9 Å². The van der Waals surface area contributed by atoms with Crippen molar-refractivity contribution in [3.8, 4) is 17.0 Å². The van der Waals surface area contributed by atoms with Crippen LogP contribution in [0.25, 0.3) is 11.3 Å². The summed E-state index contributed by atoms with van der Waals surface area (Å²) in [6.07, 6.45) is 3.92. The molecule has 228 valence electrons. The number of amides is 1. The van der Waals surface area contributed by atoms with Gasteiger partial charge in [-0.1, -0.05) is 20.8 Å². The van der Waals surface area contributed by atoms with Gasteiger partial charge in [-0.3, -0.25) is 14.2 Å². The van der Waals surface area contributed by atoms with Crippen LogP contribution in [0.5, 0.6) is 5.75 Å². The van der Waals surface area contributed by atoms with Crippen molar-refractivity contribution in [3.05, 3.63) is 75.5 Å². The number of benzene rings is 2. The fourth-order valence-corrected chi connectivity index (χ4v) is 5.65. The standard InChI is InChI=1S/C34H39F3N4O2/c1-18(2)24-12-26(29(37)14-28(24)36)32-33-25(20(4)17-43-33)13-30(41-32)27(21-6-7-21)16-40-34(42)22-10-19(3)31(38)23(11-22)15-39-9-5-8-35/h10-15,18,20-21,27H,5-9,16-17,38H2,1-4H3,(H,40,42). The highest BCUT2D eigenvalue weighted by atomic mass is 19.1. The number of ether oxygens (including phenoxy) is 1. The van der Waals surface area contributed by atoms with E-state index in [0.717, 1.165) is 35.7 Å². The molecular formula is C34H39F3N4O2. The maximum atomic E-state index is 15.3. The van der Waals surface area contributed by atoms with Gasteiger partial charge in [0.25, 0.3) is 5.91 Å². The molecule has 43 heavy (non-hydrogen) atoms. The second-order valence-electron chi connectivity index (χ2n) is 12.1. The van der Waals surface area contributed by atoms with Crippen molar-refractivity contribution in [2.24, 2.45) is 10.9 Å². The quantitative estimate of drug-likeness (QED) is 0.140. The maximum Gasteiger partial charge on any atom is 0.251 e. The third kappa shape index (κ3) is 6.55.